The van der Waals surface area contributed by atoms with Crippen molar-refractivity contribution in [3.8, 4) is 5.75 Å². The molecule has 1 fully saturated rings. The van der Waals surface area contributed by atoms with Crippen LogP contribution in [-0.4, -0.2) is 33.7 Å². The Morgan fingerprint density at radius 2 is 1.63 bits per heavy atom. The fourth-order valence-corrected chi connectivity index (χ4v) is 5.04. The van der Waals surface area contributed by atoms with Crippen LogP contribution in [0, 0.1) is 11.8 Å². The highest BCUT2D eigenvalue weighted by molar-refractivity contribution is 6.30. The molecule has 3 atom stereocenters. The fourth-order valence-electron chi connectivity index (χ4n) is 4.91. The van der Waals surface area contributed by atoms with E-state index in [0.717, 1.165) is 27.5 Å². The van der Waals surface area contributed by atoms with E-state index in [1.807, 2.05) is 66.8 Å². The van der Waals surface area contributed by atoms with E-state index in [9.17, 15) is 9.59 Å². The van der Waals surface area contributed by atoms with Crippen molar-refractivity contribution in [3.05, 3.63) is 82.9 Å². The number of carbonyl (C=O) groups excluding carboxylic acids is 2. The molecule has 1 N–H and O–H groups in total. The fraction of sp³-hybridized carbons (Fsp3) is 0.231. The molecule has 9 heteroatoms. The molecule has 2 aliphatic heterocycles. The van der Waals surface area contributed by atoms with Crippen molar-refractivity contribution in [1.82, 2.24) is 14.8 Å². The summed E-state index contributed by atoms with van der Waals surface area (Å²) >= 11 is 6.09. The largest absolute Gasteiger partial charge is 0.497 e. The van der Waals surface area contributed by atoms with Crippen LogP contribution in [0.5, 0.6) is 5.75 Å². The van der Waals surface area contributed by atoms with Gasteiger partial charge in [-0.2, -0.15) is 4.98 Å². The molecule has 3 heterocycles. The Balaban J connectivity index is 1.42. The zero-order valence-corrected chi connectivity index (χ0v) is 19.6. The van der Waals surface area contributed by atoms with Gasteiger partial charge in [0.1, 0.15) is 11.8 Å². The Hall–Kier alpha value is -3.91. The van der Waals surface area contributed by atoms with Crippen LogP contribution in [-0.2, 0) is 9.59 Å². The SMILES string of the molecule is COc1ccc([C@H]2C=C(c3ccc(Cl)cc3)Nc3nc(N4C(=O)[C@H]5CC=CC[C@H]5C4=O)nn32)cc1. The molecule has 0 saturated carbocycles. The number of carbonyl (C=O) groups is 2. The quantitative estimate of drug-likeness (QED) is 0.432. The van der Waals surface area contributed by atoms with E-state index in [1.165, 1.54) is 0 Å². The van der Waals surface area contributed by atoms with Crippen molar-refractivity contribution in [2.24, 2.45) is 11.8 Å². The topological polar surface area (TPSA) is 89.3 Å². The lowest BCUT2D eigenvalue weighted by molar-refractivity contribution is -0.122. The monoisotopic (exact) mass is 487 g/mol. The molecule has 1 saturated heterocycles. The molecular weight excluding hydrogens is 466 g/mol. The maximum Gasteiger partial charge on any atom is 0.260 e. The van der Waals surface area contributed by atoms with Gasteiger partial charge in [0, 0.05) is 10.7 Å². The number of hydrogen-bond donors (Lipinski definition) is 1. The third-order valence-electron chi connectivity index (χ3n) is 6.77. The lowest BCUT2D eigenvalue weighted by atomic mass is 9.85. The number of amides is 2. The number of nitrogens with zero attached hydrogens (tertiary/aromatic N) is 4. The Morgan fingerprint density at radius 3 is 2.26 bits per heavy atom. The first-order valence-corrected chi connectivity index (χ1v) is 11.8. The van der Waals surface area contributed by atoms with Crippen molar-refractivity contribution < 1.29 is 14.3 Å². The Labute approximate surface area is 206 Å². The molecule has 35 heavy (non-hydrogen) atoms. The van der Waals surface area contributed by atoms with Gasteiger partial charge in [0.2, 0.25) is 17.8 Å². The van der Waals surface area contributed by atoms with Crippen LogP contribution in [0.15, 0.2) is 66.8 Å². The number of allylic oxidation sites excluding steroid dienone is 3. The van der Waals surface area contributed by atoms with Gasteiger partial charge < -0.3 is 10.1 Å². The van der Waals surface area contributed by atoms with Crippen LogP contribution in [0.1, 0.15) is 30.0 Å². The molecule has 0 radical (unpaired) electrons. The molecule has 0 bridgehead atoms. The second-order valence-corrected chi connectivity index (χ2v) is 9.21. The molecule has 2 amide bonds. The van der Waals surface area contributed by atoms with Gasteiger partial charge in [-0.15, -0.1) is 5.10 Å². The number of benzene rings is 2. The number of fused-ring (bicyclic) bond motifs is 2. The van der Waals surface area contributed by atoms with Gasteiger partial charge in [-0.05, 0) is 54.3 Å². The second-order valence-electron chi connectivity index (χ2n) is 8.78. The number of nitrogens with one attached hydrogen (secondary N) is 1. The lowest BCUT2D eigenvalue weighted by Crippen LogP contribution is -2.32. The first-order valence-electron chi connectivity index (χ1n) is 11.4. The Bertz CT molecular complexity index is 1350. The van der Waals surface area contributed by atoms with E-state index in [0.29, 0.717) is 23.8 Å². The third-order valence-corrected chi connectivity index (χ3v) is 7.03. The number of anilines is 2. The van der Waals surface area contributed by atoms with Gasteiger partial charge in [0.15, 0.2) is 0 Å². The number of methoxy groups -OCH3 is 1. The zero-order valence-electron chi connectivity index (χ0n) is 18.9. The first-order chi connectivity index (χ1) is 17.0. The predicted molar refractivity (Wildman–Crippen MR) is 132 cm³/mol. The number of rotatable bonds is 4. The summed E-state index contributed by atoms with van der Waals surface area (Å²) in [6.45, 7) is 0. The number of hydrogen-bond acceptors (Lipinski definition) is 6. The van der Waals surface area contributed by atoms with E-state index >= 15 is 0 Å². The standard InChI is InChI=1S/C26H22ClN5O3/c1-35-18-12-8-16(9-13-18)22-14-21(15-6-10-17(27)11-7-15)28-25-29-26(30-32(22)25)31-23(33)19-4-2-3-5-20(19)24(31)34/h2-3,6-14,19-20,22H,4-5H2,1H3,(H,28,29,30)/t19-,20+,22-/m1/s1. The minimum absolute atomic E-state index is 0.0983. The minimum Gasteiger partial charge on any atom is -0.497 e. The summed E-state index contributed by atoms with van der Waals surface area (Å²) in [5.74, 6) is 0.122. The van der Waals surface area contributed by atoms with Crippen molar-refractivity contribution in [3.63, 3.8) is 0 Å². The smallest absolute Gasteiger partial charge is 0.260 e. The molecule has 0 spiro atoms. The van der Waals surface area contributed by atoms with E-state index in [1.54, 1.807) is 11.8 Å². The van der Waals surface area contributed by atoms with Gasteiger partial charge in [0.05, 0.1) is 18.9 Å². The molecule has 3 aromatic rings. The van der Waals surface area contributed by atoms with Crippen molar-refractivity contribution in [2.45, 2.75) is 18.9 Å². The van der Waals surface area contributed by atoms with E-state index in [4.69, 9.17) is 16.3 Å². The number of ether oxygens (including phenoxy) is 1. The molecule has 1 aromatic heterocycles. The lowest BCUT2D eigenvalue weighted by Gasteiger charge is -2.24. The van der Waals surface area contributed by atoms with Crippen molar-refractivity contribution in [2.75, 3.05) is 17.3 Å². The first kappa shape index (κ1) is 21.6. The number of imide groups is 1. The van der Waals surface area contributed by atoms with E-state index < -0.39 is 0 Å². The molecule has 6 rings (SSSR count). The predicted octanol–water partition coefficient (Wildman–Crippen LogP) is 4.45. The highest BCUT2D eigenvalue weighted by atomic mass is 35.5. The maximum atomic E-state index is 13.1. The summed E-state index contributed by atoms with van der Waals surface area (Å²) < 4.78 is 7.01. The Kier molecular flexibility index (Phi) is 5.18. The van der Waals surface area contributed by atoms with Crippen LogP contribution in [0.3, 0.4) is 0 Å². The summed E-state index contributed by atoms with van der Waals surface area (Å²) in [5.41, 5.74) is 2.70. The van der Waals surface area contributed by atoms with Crippen LogP contribution < -0.4 is 15.0 Å². The molecule has 176 valence electrons. The van der Waals surface area contributed by atoms with Crippen LogP contribution in [0.4, 0.5) is 11.9 Å². The average molecular weight is 488 g/mol. The summed E-state index contributed by atoms with van der Waals surface area (Å²) in [7, 11) is 1.62. The third kappa shape index (κ3) is 3.61. The minimum atomic E-state index is -0.346. The summed E-state index contributed by atoms with van der Waals surface area (Å²) in [4.78, 5) is 32.0. The summed E-state index contributed by atoms with van der Waals surface area (Å²) in [6, 6.07) is 14.9. The molecule has 8 nitrogen and oxygen atoms in total. The number of halogens is 1. The maximum absolute atomic E-state index is 13.1. The summed E-state index contributed by atoms with van der Waals surface area (Å²) in [6.07, 6.45) is 7.09. The van der Waals surface area contributed by atoms with Gasteiger partial charge in [0.25, 0.3) is 5.95 Å². The van der Waals surface area contributed by atoms with Crippen LogP contribution in [0.2, 0.25) is 5.02 Å². The molecule has 0 unspecified atom stereocenters. The molecule has 1 aliphatic carbocycles. The molecule has 3 aliphatic rings. The van der Waals surface area contributed by atoms with Gasteiger partial charge in [-0.25, -0.2) is 9.58 Å². The number of aromatic nitrogens is 3. The average Bonchev–Trinajstić information content (AvgIpc) is 3.42. The highest BCUT2D eigenvalue weighted by Gasteiger charge is 2.49. The van der Waals surface area contributed by atoms with E-state index in [2.05, 4.69) is 15.4 Å². The van der Waals surface area contributed by atoms with Crippen molar-refractivity contribution in [1.29, 1.82) is 0 Å². The van der Waals surface area contributed by atoms with E-state index in [-0.39, 0.29) is 35.6 Å². The molecular formula is C26H22ClN5O3. The van der Waals surface area contributed by atoms with Crippen molar-refractivity contribution >= 4 is 41.0 Å². The zero-order chi connectivity index (χ0) is 24.1. The molecule has 2 aromatic carbocycles. The van der Waals surface area contributed by atoms with Gasteiger partial charge in [-0.3, -0.25) is 9.59 Å². The summed E-state index contributed by atoms with van der Waals surface area (Å²) in [5, 5.41) is 8.60. The van der Waals surface area contributed by atoms with Crippen LogP contribution in [0.25, 0.3) is 5.70 Å². The van der Waals surface area contributed by atoms with Gasteiger partial charge in [-0.1, -0.05) is 48.0 Å². The highest BCUT2D eigenvalue weighted by Crippen LogP contribution is 2.39. The normalized spacial score (nSPS) is 23.0. The van der Waals surface area contributed by atoms with Crippen LogP contribution >= 0.6 is 11.6 Å². The Morgan fingerprint density at radius 1 is 0.971 bits per heavy atom. The second kappa shape index (κ2) is 8.39. The van der Waals surface area contributed by atoms with Gasteiger partial charge >= 0.3 is 0 Å².